The van der Waals surface area contributed by atoms with E-state index in [1.54, 1.807) is 24.3 Å². The van der Waals surface area contributed by atoms with Gasteiger partial charge in [-0.2, -0.15) is 0 Å². The number of methoxy groups -OCH3 is 1. The monoisotopic (exact) mass is 284 g/mol. The van der Waals surface area contributed by atoms with Crippen LogP contribution in [0, 0.1) is 0 Å². The Morgan fingerprint density at radius 1 is 1.05 bits per heavy atom. The van der Waals surface area contributed by atoms with Crippen LogP contribution in [0.5, 0.6) is 11.5 Å². The lowest BCUT2D eigenvalue weighted by Gasteiger charge is -2.13. The first-order valence-electron chi connectivity index (χ1n) is 6.40. The van der Waals surface area contributed by atoms with Gasteiger partial charge in [0, 0.05) is 0 Å². The van der Waals surface area contributed by atoms with Gasteiger partial charge in [-0.25, -0.2) is 4.79 Å². The van der Waals surface area contributed by atoms with Crippen molar-refractivity contribution in [3.8, 4) is 11.5 Å². The zero-order chi connectivity index (χ0) is 15.2. The summed E-state index contributed by atoms with van der Waals surface area (Å²) in [6.45, 7) is 3.54. The number of ether oxygens (including phenoxy) is 2. The van der Waals surface area contributed by atoms with Gasteiger partial charge in [0.2, 0.25) is 0 Å². The number of carbonyl (C=O) groups excluding carboxylic acids is 1. The standard InChI is InChI=1S/C17H16O4/c1-12(17(19)20-2)16(18)13-8-10-15(11-9-13)21-14-6-4-3-5-7-14/h3-11,16,18H,1H2,2H3. The molecule has 1 N–H and O–H groups in total. The van der Waals surface area contributed by atoms with Crippen LogP contribution in [-0.4, -0.2) is 18.2 Å². The quantitative estimate of drug-likeness (QED) is 0.676. The molecule has 4 nitrogen and oxygen atoms in total. The first-order valence-corrected chi connectivity index (χ1v) is 6.40. The predicted molar refractivity (Wildman–Crippen MR) is 79.1 cm³/mol. The lowest BCUT2D eigenvalue weighted by molar-refractivity contribution is -0.137. The fourth-order valence-electron chi connectivity index (χ4n) is 1.79. The number of para-hydroxylation sites is 1. The van der Waals surface area contributed by atoms with Gasteiger partial charge < -0.3 is 14.6 Å². The summed E-state index contributed by atoms with van der Waals surface area (Å²) in [6, 6.07) is 16.2. The molecule has 0 aromatic heterocycles. The first-order chi connectivity index (χ1) is 10.1. The topological polar surface area (TPSA) is 55.8 Å². The molecule has 0 saturated carbocycles. The Hall–Kier alpha value is -2.59. The van der Waals surface area contributed by atoms with Crippen LogP contribution in [-0.2, 0) is 9.53 Å². The van der Waals surface area contributed by atoms with Crippen LogP contribution in [0.25, 0.3) is 0 Å². The fraction of sp³-hybridized carbons (Fsp3) is 0.118. The molecule has 0 aliphatic rings. The molecule has 0 aliphatic carbocycles. The molecule has 0 heterocycles. The van der Waals surface area contributed by atoms with Crippen LogP contribution < -0.4 is 4.74 Å². The van der Waals surface area contributed by atoms with E-state index in [2.05, 4.69) is 11.3 Å². The number of esters is 1. The van der Waals surface area contributed by atoms with Gasteiger partial charge in [0.15, 0.2) is 0 Å². The molecule has 0 radical (unpaired) electrons. The minimum atomic E-state index is -1.09. The highest BCUT2D eigenvalue weighted by Gasteiger charge is 2.18. The molecule has 0 saturated heterocycles. The molecule has 0 amide bonds. The van der Waals surface area contributed by atoms with Crippen molar-refractivity contribution < 1.29 is 19.4 Å². The highest BCUT2D eigenvalue weighted by Crippen LogP contribution is 2.26. The van der Waals surface area contributed by atoms with E-state index < -0.39 is 12.1 Å². The smallest absolute Gasteiger partial charge is 0.336 e. The Labute approximate surface area is 123 Å². The van der Waals surface area contributed by atoms with E-state index in [9.17, 15) is 9.90 Å². The summed E-state index contributed by atoms with van der Waals surface area (Å²) >= 11 is 0. The molecular weight excluding hydrogens is 268 g/mol. The van der Waals surface area contributed by atoms with Gasteiger partial charge in [-0.05, 0) is 29.8 Å². The summed E-state index contributed by atoms with van der Waals surface area (Å²) in [5, 5.41) is 10.0. The maximum atomic E-state index is 11.3. The third kappa shape index (κ3) is 3.70. The number of hydrogen-bond donors (Lipinski definition) is 1. The van der Waals surface area contributed by atoms with Crippen molar-refractivity contribution in [1.29, 1.82) is 0 Å². The van der Waals surface area contributed by atoms with Gasteiger partial charge in [0.25, 0.3) is 0 Å². The number of carbonyl (C=O) groups is 1. The molecule has 1 atom stereocenters. The van der Waals surface area contributed by atoms with Gasteiger partial charge in [0.05, 0.1) is 12.7 Å². The number of rotatable bonds is 5. The van der Waals surface area contributed by atoms with E-state index in [4.69, 9.17) is 4.74 Å². The largest absolute Gasteiger partial charge is 0.466 e. The first kappa shape index (κ1) is 14.8. The number of benzene rings is 2. The second-order valence-corrected chi connectivity index (χ2v) is 4.40. The molecule has 4 heteroatoms. The van der Waals surface area contributed by atoms with Crippen LogP contribution in [0.4, 0.5) is 0 Å². The zero-order valence-electron chi connectivity index (χ0n) is 11.7. The number of aliphatic hydroxyl groups is 1. The Morgan fingerprint density at radius 3 is 2.19 bits per heavy atom. The summed E-state index contributed by atoms with van der Waals surface area (Å²) in [7, 11) is 1.25. The van der Waals surface area contributed by atoms with Crippen molar-refractivity contribution in [1.82, 2.24) is 0 Å². The average molecular weight is 284 g/mol. The van der Waals surface area contributed by atoms with Gasteiger partial charge in [0.1, 0.15) is 17.6 Å². The Bertz CT molecular complexity index is 617. The summed E-state index contributed by atoms with van der Waals surface area (Å²) < 4.78 is 10.2. The highest BCUT2D eigenvalue weighted by molar-refractivity contribution is 5.88. The average Bonchev–Trinajstić information content (AvgIpc) is 2.54. The van der Waals surface area contributed by atoms with Crippen molar-refractivity contribution in [3.05, 3.63) is 72.3 Å². The van der Waals surface area contributed by atoms with Crippen molar-refractivity contribution >= 4 is 5.97 Å². The zero-order valence-corrected chi connectivity index (χ0v) is 11.7. The van der Waals surface area contributed by atoms with Crippen LogP contribution >= 0.6 is 0 Å². The van der Waals surface area contributed by atoms with E-state index in [-0.39, 0.29) is 5.57 Å². The molecule has 2 rings (SSSR count). The summed E-state index contributed by atoms with van der Waals surface area (Å²) in [5.74, 6) is 0.734. The van der Waals surface area contributed by atoms with Crippen LogP contribution in [0.1, 0.15) is 11.7 Å². The Morgan fingerprint density at radius 2 is 1.62 bits per heavy atom. The molecule has 0 spiro atoms. The number of hydrogen-bond acceptors (Lipinski definition) is 4. The maximum Gasteiger partial charge on any atom is 0.336 e. The number of aliphatic hydroxyl groups excluding tert-OH is 1. The van der Waals surface area contributed by atoms with E-state index in [0.29, 0.717) is 11.3 Å². The van der Waals surface area contributed by atoms with E-state index in [1.807, 2.05) is 30.3 Å². The lowest BCUT2D eigenvalue weighted by Crippen LogP contribution is -2.11. The molecule has 1 unspecified atom stereocenters. The molecule has 0 aliphatic heterocycles. The van der Waals surface area contributed by atoms with Crippen LogP contribution in [0.2, 0.25) is 0 Å². The molecule has 108 valence electrons. The maximum absolute atomic E-state index is 11.3. The molecule has 0 fully saturated rings. The second kappa shape index (κ2) is 6.72. The lowest BCUT2D eigenvalue weighted by atomic mass is 10.0. The Kier molecular flexibility index (Phi) is 4.74. The van der Waals surface area contributed by atoms with Crippen LogP contribution in [0.3, 0.4) is 0 Å². The SMILES string of the molecule is C=C(C(=O)OC)C(O)c1ccc(Oc2ccccc2)cc1. The third-order valence-corrected chi connectivity index (χ3v) is 2.95. The molecular formula is C17H16O4. The highest BCUT2D eigenvalue weighted by atomic mass is 16.5. The van der Waals surface area contributed by atoms with Gasteiger partial charge in [-0.3, -0.25) is 0 Å². The molecule has 0 bridgehead atoms. The van der Waals surface area contributed by atoms with Gasteiger partial charge in [-0.15, -0.1) is 0 Å². The van der Waals surface area contributed by atoms with Crippen molar-refractivity contribution in [2.24, 2.45) is 0 Å². The summed E-state index contributed by atoms with van der Waals surface area (Å²) in [4.78, 5) is 11.3. The molecule has 21 heavy (non-hydrogen) atoms. The van der Waals surface area contributed by atoms with E-state index in [0.717, 1.165) is 5.75 Å². The fourth-order valence-corrected chi connectivity index (χ4v) is 1.79. The van der Waals surface area contributed by atoms with Crippen molar-refractivity contribution in [2.45, 2.75) is 6.10 Å². The van der Waals surface area contributed by atoms with E-state index in [1.165, 1.54) is 7.11 Å². The van der Waals surface area contributed by atoms with E-state index >= 15 is 0 Å². The third-order valence-electron chi connectivity index (χ3n) is 2.95. The Balaban J connectivity index is 2.08. The van der Waals surface area contributed by atoms with Crippen molar-refractivity contribution in [2.75, 3.05) is 7.11 Å². The molecule has 2 aromatic carbocycles. The van der Waals surface area contributed by atoms with Crippen LogP contribution in [0.15, 0.2) is 66.7 Å². The van der Waals surface area contributed by atoms with Crippen molar-refractivity contribution in [3.63, 3.8) is 0 Å². The second-order valence-electron chi connectivity index (χ2n) is 4.40. The summed E-state index contributed by atoms with van der Waals surface area (Å²) in [5.41, 5.74) is 0.542. The summed E-state index contributed by atoms with van der Waals surface area (Å²) in [6.07, 6.45) is -1.09. The van der Waals surface area contributed by atoms with Gasteiger partial charge in [-0.1, -0.05) is 36.9 Å². The minimum Gasteiger partial charge on any atom is -0.466 e. The normalized spacial score (nSPS) is 11.5. The van der Waals surface area contributed by atoms with Gasteiger partial charge >= 0.3 is 5.97 Å². The minimum absolute atomic E-state index is 0.00534. The molecule has 2 aromatic rings. The predicted octanol–water partition coefficient (Wildman–Crippen LogP) is 3.24.